The molecular weight excluding hydrogens is 436 g/mol. The molecule has 9 rings (SSSR count). The highest BCUT2D eigenvalue weighted by molar-refractivity contribution is 6.02. The van der Waals surface area contributed by atoms with E-state index in [-0.39, 0.29) is 0 Å². The van der Waals surface area contributed by atoms with Crippen LogP contribution in [-0.4, -0.2) is 9.97 Å². The van der Waals surface area contributed by atoms with Crippen molar-refractivity contribution in [3.8, 4) is 22.5 Å². The van der Waals surface area contributed by atoms with E-state index in [9.17, 15) is 0 Å². The van der Waals surface area contributed by atoms with E-state index in [0.29, 0.717) is 23.7 Å². The van der Waals surface area contributed by atoms with E-state index in [1.165, 1.54) is 94.0 Å². The molecule has 0 aliphatic heterocycles. The molecule has 0 N–H and O–H groups in total. The molecule has 3 aromatic carbocycles. The van der Waals surface area contributed by atoms with Crippen LogP contribution in [0.15, 0.2) is 72.8 Å². The molecule has 2 heterocycles. The SMILES string of the molecule is c1ccc(-c2nc3cc4c5c(c(-c6ccccc6)nc4cc3c3c2C2CCC3C2)C2CCC5C2)cc1. The molecule has 2 heteroatoms. The number of aromatic nitrogens is 2. The molecule has 2 fully saturated rings. The fourth-order valence-electron chi connectivity index (χ4n) is 8.45. The van der Waals surface area contributed by atoms with Gasteiger partial charge in [-0.15, -0.1) is 0 Å². The second-order valence-electron chi connectivity index (χ2n) is 11.6. The number of hydrogen-bond acceptors (Lipinski definition) is 2. The Balaban J connectivity index is 1.39. The second kappa shape index (κ2) is 7.03. The topological polar surface area (TPSA) is 25.8 Å². The Bertz CT molecular complexity index is 1570. The Morgan fingerprint density at radius 1 is 0.472 bits per heavy atom. The highest BCUT2D eigenvalue weighted by Crippen LogP contribution is 2.59. The lowest BCUT2D eigenvalue weighted by Gasteiger charge is -2.23. The summed E-state index contributed by atoms with van der Waals surface area (Å²) >= 11 is 0. The summed E-state index contributed by atoms with van der Waals surface area (Å²) in [5.74, 6) is 2.68. The van der Waals surface area contributed by atoms with E-state index in [1.807, 2.05) is 0 Å². The lowest BCUT2D eigenvalue weighted by atomic mass is 9.84. The highest BCUT2D eigenvalue weighted by atomic mass is 14.8. The second-order valence-corrected chi connectivity index (χ2v) is 11.6. The van der Waals surface area contributed by atoms with Crippen molar-refractivity contribution in [3.05, 3.63) is 95.1 Å². The molecule has 0 amide bonds. The summed E-state index contributed by atoms with van der Waals surface area (Å²) in [6.07, 6.45) is 7.85. The van der Waals surface area contributed by atoms with Gasteiger partial charge in [0.25, 0.3) is 0 Å². The number of nitrogens with zero attached hydrogens (tertiary/aromatic N) is 2. The summed E-state index contributed by atoms with van der Waals surface area (Å²) in [5, 5.41) is 2.72. The van der Waals surface area contributed by atoms with Crippen LogP contribution in [-0.2, 0) is 0 Å². The van der Waals surface area contributed by atoms with Crippen LogP contribution in [0.1, 0.15) is 84.5 Å². The van der Waals surface area contributed by atoms with Crippen molar-refractivity contribution >= 4 is 21.8 Å². The summed E-state index contributed by atoms with van der Waals surface area (Å²) in [4.78, 5) is 10.9. The maximum Gasteiger partial charge on any atom is 0.0747 e. The van der Waals surface area contributed by atoms with E-state index < -0.39 is 0 Å². The summed E-state index contributed by atoms with van der Waals surface area (Å²) < 4.78 is 0. The van der Waals surface area contributed by atoms with E-state index in [2.05, 4.69) is 72.8 Å². The first-order valence-electron chi connectivity index (χ1n) is 13.8. The molecule has 2 aromatic heterocycles. The zero-order chi connectivity index (χ0) is 23.4. The number of benzene rings is 3. The van der Waals surface area contributed by atoms with Crippen molar-refractivity contribution in [1.82, 2.24) is 9.97 Å². The first-order chi connectivity index (χ1) is 17.8. The summed E-state index contributed by atoms with van der Waals surface area (Å²) in [7, 11) is 0. The van der Waals surface area contributed by atoms with Crippen molar-refractivity contribution in [3.63, 3.8) is 0 Å². The third kappa shape index (κ3) is 2.52. The highest BCUT2D eigenvalue weighted by Gasteiger charge is 2.42. The minimum Gasteiger partial charge on any atom is -0.247 e. The van der Waals surface area contributed by atoms with Gasteiger partial charge in [0.1, 0.15) is 0 Å². The first-order valence-corrected chi connectivity index (χ1v) is 13.8. The summed E-state index contributed by atoms with van der Waals surface area (Å²) in [6, 6.07) is 26.6. The van der Waals surface area contributed by atoms with Crippen LogP contribution in [0.2, 0.25) is 0 Å². The van der Waals surface area contributed by atoms with E-state index in [1.54, 1.807) is 11.1 Å². The van der Waals surface area contributed by atoms with Gasteiger partial charge >= 0.3 is 0 Å². The average molecular weight is 465 g/mol. The number of fused-ring (bicyclic) bond motifs is 14. The van der Waals surface area contributed by atoms with Crippen LogP contribution in [0, 0.1) is 0 Å². The first kappa shape index (κ1) is 19.6. The maximum absolute atomic E-state index is 5.43. The third-order valence-corrected chi connectivity index (χ3v) is 9.84. The predicted molar refractivity (Wildman–Crippen MR) is 147 cm³/mol. The van der Waals surface area contributed by atoms with Crippen LogP contribution in [0.5, 0.6) is 0 Å². The molecule has 0 saturated heterocycles. The van der Waals surface area contributed by atoms with Gasteiger partial charge in [-0.3, -0.25) is 0 Å². The Kier molecular flexibility index (Phi) is 3.84. The van der Waals surface area contributed by atoms with E-state index in [0.717, 1.165) is 0 Å². The zero-order valence-electron chi connectivity index (χ0n) is 20.4. The van der Waals surface area contributed by atoms with Gasteiger partial charge in [0.05, 0.1) is 22.4 Å². The van der Waals surface area contributed by atoms with Crippen molar-refractivity contribution in [2.24, 2.45) is 0 Å². The van der Waals surface area contributed by atoms with E-state index >= 15 is 0 Å². The Morgan fingerprint density at radius 3 is 1.28 bits per heavy atom. The lowest BCUT2D eigenvalue weighted by Crippen LogP contribution is -2.06. The molecule has 4 unspecified atom stereocenters. The fraction of sp³-hybridized carbons (Fsp3) is 0.294. The molecule has 2 nitrogen and oxygen atoms in total. The van der Waals surface area contributed by atoms with Gasteiger partial charge < -0.3 is 0 Å². The van der Waals surface area contributed by atoms with Gasteiger partial charge in [0.15, 0.2) is 0 Å². The maximum atomic E-state index is 5.43. The van der Waals surface area contributed by atoms with Gasteiger partial charge in [-0.05, 0) is 96.6 Å². The number of pyridine rings is 2. The lowest BCUT2D eigenvalue weighted by molar-refractivity contribution is 0.719. The van der Waals surface area contributed by atoms with Gasteiger partial charge in [-0.2, -0.15) is 0 Å². The standard InChI is InChI=1S/C34H28N2/c1-3-7-19(8-4-1)33-31-23-13-11-21(15-23)29(31)25-18-28-26(17-27(25)35-33)30-22-12-14-24(16-22)32(30)34(36-28)20-9-5-2-6-10-20/h1-10,17-18,21-24H,11-16H2. The molecule has 36 heavy (non-hydrogen) atoms. The van der Waals surface area contributed by atoms with Crippen LogP contribution in [0.25, 0.3) is 44.3 Å². The molecule has 5 aromatic rings. The van der Waals surface area contributed by atoms with Crippen LogP contribution >= 0.6 is 0 Å². The Morgan fingerprint density at radius 2 is 0.861 bits per heavy atom. The smallest absolute Gasteiger partial charge is 0.0747 e. The largest absolute Gasteiger partial charge is 0.247 e. The molecule has 4 bridgehead atoms. The predicted octanol–water partition coefficient (Wildman–Crippen LogP) is 8.85. The molecule has 4 aliphatic carbocycles. The van der Waals surface area contributed by atoms with Crippen molar-refractivity contribution in [2.45, 2.75) is 62.2 Å². The number of rotatable bonds is 2. The molecule has 4 atom stereocenters. The van der Waals surface area contributed by atoms with E-state index in [4.69, 9.17) is 9.97 Å². The molecular formula is C34H28N2. The monoisotopic (exact) mass is 464 g/mol. The van der Waals surface area contributed by atoms with Crippen LogP contribution in [0.4, 0.5) is 0 Å². The normalized spacial score (nSPS) is 25.1. The quantitative estimate of drug-likeness (QED) is 0.244. The average Bonchev–Trinajstić information content (AvgIpc) is 3.74. The summed E-state index contributed by atoms with van der Waals surface area (Å²) in [6.45, 7) is 0. The Hall–Kier alpha value is -3.52. The van der Waals surface area contributed by atoms with Gasteiger partial charge in [-0.1, -0.05) is 60.7 Å². The molecule has 0 radical (unpaired) electrons. The van der Waals surface area contributed by atoms with Crippen LogP contribution in [0.3, 0.4) is 0 Å². The minimum atomic E-state index is 0.663. The van der Waals surface area contributed by atoms with Crippen LogP contribution < -0.4 is 0 Å². The third-order valence-electron chi connectivity index (χ3n) is 9.84. The molecule has 174 valence electrons. The van der Waals surface area contributed by atoms with Crippen molar-refractivity contribution in [1.29, 1.82) is 0 Å². The van der Waals surface area contributed by atoms with Gasteiger partial charge in [-0.25, -0.2) is 9.97 Å². The molecule has 2 saturated carbocycles. The van der Waals surface area contributed by atoms with Crippen molar-refractivity contribution < 1.29 is 0 Å². The molecule has 4 aliphatic rings. The van der Waals surface area contributed by atoms with Crippen molar-refractivity contribution in [2.75, 3.05) is 0 Å². The molecule has 0 spiro atoms. The van der Waals surface area contributed by atoms with Gasteiger partial charge in [0.2, 0.25) is 0 Å². The van der Waals surface area contributed by atoms with Gasteiger partial charge in [0, 0.05) is 21.9 Å². The Labute approximate surface area is 211 Å². The summed E-state index contributed by atoms with van der Waals surface area (Å²) in [5.41, 5.74) is 13.6. The number of hydrogen-bond donors (Lipinski definition) is 0. The fourth-order valence-corrected chi connectivity index (χ4v) is 8.45. The minimum absolute atomic E-state index is 0.663. The zero-order valence-corrected chi connectivity index (χ0v) is 20.4.